The Hall–Kier alpha value is -1.23. The van der Waals surface area contributed by atoms with Crippen molar-refractivity contribution in [2.45, 2.75) is 19.4 Å². The Labute approximate surface area is 76.7 Å². The van der Waals surface area contributed by atoms with Gasteiger partial charge < -0.3 is 4.74 Å². The van der Waals surface area contributed by atoms with Gasteiger partial charge in [-0.05, 0) is 13.8 Å². The van der Waals surface area contributed by atoms with Gasteiger partial charge in [0.25, 0.3) is 0 Å². The van der Waals surface area contributed by atoms with Crippen molar-refractivity contribution < 1.29 is 9.53 Å². The summed E-state index contributed by atoms with van der Waals surface area (Å²) in [5.41, 5.74) is -0.509. The fourth-order valence-corrected chi connectivity index (χ4v) is 0.852. The van der Waals surface area contributed by atoms with E-state index in [9.17, 15) is 4.79 Å². The minimum Gasteiger partial charge on any atom is -0.371 e. The van der Waals surface area contributed by atoms with Gasteiger partial charge in [-0.3, -0.25) is 9.48 Å². The molecule has 0 bridgehead atoms. The molecule has 0 aliphatic heterocycles. The predicted octanol–water partition coefficient (Wildman–Crippen LogP) is 0.423. The van der Waals surface area contributed by atoms with E-state index >= 15 is 0 Å². The van der Waals surface area contributed by atoms with E-state index in [-0.39, 0.29) is 5.78 Å². The molecule has 0 atom stereocenters. The highest BCUT2D eigenvalue weighted by molar-refractivity contribution is 6.00. The number of Topliss-reactive ketones (excluding diaryl/α,β-unsaturated/α-hetero) is 1. The summed E-state index contributed by atoms with van der Waals surface area (Å²) in [5.74, 6) is -0.164. The Bertz CT molecular complexity index is 317. The van der Waals surface area contributed by atoms with Crippen molar-refractivity contribution in [3.05, 3.63) is 11.9 Å². The van der Waals surface area contributed by atoms with Gasteiger partial charge in [0.1, 0.15) is 5.60 Å². The third kappa shape index (κ3) is 1.92. The van der Waals surface area contributed by atoms with Crippen LogP contribution in [0.3, 0.4) is 0 Å². The lowest BCUT2D eigenvalue weighted by Gasteiger charge is -2.19. The van der Waals surface area contributed by atoms with Crippen LogP contribution in [0.5, 0.6) is 0 Å². The lowest BCUT2D eigenvalue weighted by Crippen LogP contribution is -2.34. The van der Waals surface area contributed by atoms with Crippen LogP contribution in [0, 0.1) is 0 Å². The van der Waals surface area contributed by atoms with Gasteiger partial charge in [-0.25, -0.2) is 0 Å². The van der Waals surface area contributed by atoms with Gasteiger partial charge in [0.2, 0.25) is 5.78 Å². The van der Waals surface area contributed by atoms with Gasteiger partial charge in [0.05, 0.1) is 6.20 Å². The second-order valence-electron chi connectivity index (χ2n) is 3.32. The topological polar surface area (TPSA) is 57.0 Å². The third-order valence-corrected chi connectivity index (χ3v) is 1.89. The zero-order chi connectivity index (χ0) is 10.1. The maximum atomic E-state index is 11.7. The van der Waals surface area contributed by atoms with Gasteiger partial charge in [-0.15, -0.1) is 5.10 Å². The molecule has 72 valence electrons. The number of carbonyl (C=O) groups is 1. The number of aryl methyl sites for hydroxylation is 1. The standard InChI is InChI=1S/C8H13N3O2/c1-8(2,13-4)7(12)6-5-11(3)10-9-6/h5H,1-4H3. The van der Waals surface area contributed by atoms with E-state index in [1.165, 1.54) is 11.8 Å². The molecule has 0 fully saturated rings. The van der Waals surface area contributed by atoms with E-state index in [0.717, 1.165) is 0 Å². The summed E-state index contributed by atoms with van der Waals surface area (Å²) < 4.78 is 6.52. The zero-order valence-electron chi connectivity index (χ0n) is 8.24. The maximum Gasteiger partial charge on any atom is 0.215 e. The molecule has 5 nitrogen and oxygen atoms in total. The summed E-state index contributed by atoms with van der Waals surface area (Å²) >= 11 is 0. The Balaban J connectivity index is 2.91. The Kier molecular flexibility index (Phi) is 2.47. The van der Waals surface area contributed by atoms with Gasteiger partial charge in [-0.2, -0.15) is 0 Å². The van der Waals surface area contributed by atoms with Crippen molar-refractivity contribution in [1.82, 2.24) is 15.0 Å². The lowest BCUT2D eigenvalue weighted by atomic mass is 10.0. The van der Waals surface area contributed by atoms with Crippen LogP contribution in [-0.2, 0) is 11.8 Å². The second-order valence-corrected chi connectivity index (χ2v) is 3.32. The number of ether oxygens (including phenoxy) is 1. The fraction of sp³-hybridized carbons (Fsp3) is 0.625. The van der Waals surface area contributed by atoms with Crippen molar-refractivity contribution in [1.29, 1.82) is 0 Å². The minimum atomic E-state index is -0.837. The molecule has 1 aromatic rings. The van der Waals surface area contributed by atoms with Crippen molar-refractivity contribution >= 4 is 5.78 Å². The first kappa shape index (κ1) is 9.85. The van der Waals surface area contributed by atoms with Crippen LogP contribution in [0.15, 0.2) is 6.20 Å². The molecule has 0 saturated carbocycles. The van der Waals surface area contributed by atoms with E-state index in [1.54, 1.807) is 27.1 Å². The van der Waals surface area contributed by atoms with Gasteiger partial charge in [-0.1, -0.05) is 5.21 Å². The van der Waals surface area contributed by atoms with Crippen LogP contribution < -0.4 is 0 Å². The summed E-state index contributed by atoms with van der Waals surface area (Å²) in [4.78, 5) is 11.7. The monoisotopic (exact) mass is 183 g/mol. The lowest BCUT2D eigenvalue weighted by molar-refractivity contribution is 0.0223. The molecule has 0 amide bonds. The molecule has 1 aromatic heterocycles. The highest BCUT2D eigenvalue weighted by Crippen LogP contribution is 2.13. The molecule has 0 aromatic carbocycles. The molecule has 0 N–H and O–H groups in total. The van der Waals surface area contributed by atoms with Crippen LogP contribution in [0.25, 0.3) is 0 Å². The van der Waals surface area contributed by atoms with Crippen molar-refractivity contribution in [3.8, 4) is 0 Å². The zero-order valence-corrected chi connectivity index (χ0v) is 8.24. The molecule has 1 heterocycles. The number of methoxy groups -OCH3 is 1. The van der Waals surface area contributed by atoms with Gasteiger partial charge in [0.15, 0.2) is 5.69 Å². The van der Waals surface area contributed by atoms with E-state index in [0.29, 0.717) is 5.69 Å². The number of ketones is 1. The Morgan fingerprint density at radius 2 is 2.23 bits per heavy atom. The van der Waals surface area contributed by atoms with Crippen molar-refractivity contribution in [2.24, 2.45) is 7.05 Å². The molecular weight excluding hydrogens is 170 g/mol. The number of carbonyl (C=O) groups excluding carboxylic acids is 1. The minimum absolute atomic E-state index is 0.164. The summed E-state index contributed by atoms with van der Waals surface area (Å²) in [6, 6.07) is 0. The van der Waals surface area contributed by atoms with Crippen LogP contribution in [0.2, 0.25) is 0 Å². The number of hydrogen-bond donors (Lipinski definition) is 0. The molecule has 0 spiro atoms. The highest BCUT2D eigenvalue weighted by atomic mass is 16.5. The van der Waals surface area contributed by atoms with E-state index in [2.05, 4.69) is 10.3 Å². The normalized spacial score (nSPS) is 11.7. The molecule has 0 aliphatic carbocycles. The summed E-state index contributed by atoms with van der Waals surface area (Å²) in [7, 11) is 3.21. The van der Waals surface area contributed by atoms with Crippen LogP contribution in [0.1, 0.15) is 24.3 Å². The smallest absolute Gasteiger partial charge is 0.215 e. The van der Waals surface area contributed by atoms with E-state index in [4.69, 9.17) is 4.74 Å². The Morgan fingerprint density at radius 3 is 2.62 bits per heavy atom. The number of nitrogens with zero attached hydrogens (tertiary/aromatic N) is 3. The van der Waals surface area contributed by atoms with Crippen LogP contribution in [-0.4, -0.2) is 33.5 Å². The first-order chi connectivity index (χ1) is 5.97. The average Bonchev–Trinajstić information content (AvgIpc) is 2.50. The predicted molar refractivity (Wildman–Crippen MR) is 46.4 cm³/mol. The molecule has 0 aliphatic rings. The first-order valence-electron chi connectivity index (χ1n) is 3.93. The number of hydrogen-bond acceptors (Lipinski definition) is 4. The highest BCUT2D eigenvalue weighted by Gasteiger charge is 2.30. The van der Waals surface area contributed by atoms with E-state index < -0.39 is 5.60 Å². The molecule has 0 saturated heterocycles. The van der Waals surface area contributed by atoms with Crippen molar-refractivity contribution in [3.63, 3.8) is 0 Å². The summed E-state index contributed by atoms with van der Waals surface area (Å²) in [6.45, 7) is 3.40. The average molecular weight is 183 g/mol. The second kappa shape index (κ2) is 3.26. The van der Waals surface area contributed by atoms with Gasteiger partial charge >= 0.3 is 0 Å². The molecule has 1 rings (SSSR count). The number of aromatic nitrogens is 3. The van der Waals surface area contributed by atoms with Crippen LogP contribution in [0.4, 0.5) is 0 Å². The van der Waals surface area contributed by atoms with E-state index in [1.807, 2.05) is 0 Å². The quantitative estimate of drug-likeness (QED) is 0.637. The summed E-state index contributed by atoms with van der Waals surface area (Å²) in [6.07, 6.45) is 1.57. The third-order valence-electron chi connectivity index (χ3n) is 1.89. The fourth-order valence-electron chi connectivity index (χ4n) is 0.852. The molecule has 0 radical (unpaired) electrons. The molecule has 13 heavy (non-hydrogen) atoms. The van der Waals surface area contributed by atoms with Crippen molar-refractivity contribution in [2.75, 3.05) is 7.11 Å². The first-order valence-corrected chi connectivity index (χ1v) is 3.93. The Morgan fingerprint density at radius 1 is 1.62 bits per heavy atom. The molecular formula is C8H13N3O2. The summed E-state index contributed by atoms with van der Waals surface area (Å²) in [5, 5.41) is 7.39. The molecule has 0 unspecified atom stereocenters. The SMILES string of the molecule is COC(C)(C)C(=O)c1cn(C)nn1. The largest absolute Gasteiger partial charge is 0.371 e. The van der Waals surface area contributed by atoms with Gasteiger partial charge in [0, 0.05) is 14.2 Å². The van der Waals surface area contributed by atoms with Crippen LogP contribution >= 0.6 is 0 Å². The number of rotatable bonds is 3. The molecule has 5 heteroatoms. The maximum absolute atomic E-state index is 11.7.